The van der Waals surface area contributed by atoms with Gasteiger partial charge in [-0.1, -0.05) is 21.6 Å². The highest BCUT2D eigenvalue weighted by molar-refractivity contribution is 8.76. The van der Waals surface area contributed by atoms with E-state index in [0.29, 0.717) is 0 Å². The van der Waals surface area contributed by atoms with E-state index in [-0.39, 0.29) is 12.4 Å². The molecule has 2 rings (SSSR count). The van der Waals surface area contributed by atoms with Gasteiger partial charge in [-0.05, 0) is 12.7 Å². The van der Waals surface area contributed by atoms with Crippen molar-refractivity contribution in [3.63, 3.8) is 0 Å². The van der Waals surface area contributed by atoms with Crippen LogP contribution in [0.1, 0.15) is 6.42 Å². The minimum atomic E-state index is -5.57. The molecule has 6 atom stereocenters. The molecule has 1 saturated carbocycles. The van der Waals surface area contributed by atoms with Crippen molar-refractivity contribution >= 4 is 52.9 Å². The van der Waals surface area contributed by atoms with Gasteiger partial charge in [-0.2, -0.15) is 8.62 Å². The van der Waals surface area contributed by atoms with Crippen LogP contribution in [0.5, 0.6) is 0 Å². The number of fused-ring (bicyclic) bond motifs is 1. The standard InChI is InChI=1S/C7H14BO12P3S2/c1-24-25-3-16-7-2-4(8)17-5(7)6(7)18-22(12,13)20-23(14,15)19-21(9,10)11/h4-6H,2-3H2,1H3,(H,12,13)(H,14,15)(H2,9,10,11)/t4-,5-,6?,7+/m1/s1. The smallest absolute Gasteiger partial charge is 0.379 e. The molecule has 12 nitrogen and oxygen atoms in total. The van der Waals surface area contributed by atoms with E-state index in [1.165, 1.54) is 21.6 Å². The Morgan fingerprint density at radius 1 is 1.20 bits per heavy atom. The molecular formula is C7H14BO12P3S2. The highest BCUT2D eigenvalue weighted by Gasteiger charge is 2.75. The summed E-state index contributed by atoms with van der Waals surface area (Å²) in [5, 5.41) is 0. The lowest BCUT2D eigenvalue weighted by molar-refractivity contribution is 0.0226. The average Bonchev–Trinajstić information content (AvgIpc) is 2.75. The summed E-state index contributed by atoms with van der Waals surface area (Å²) in [6.07, 6.45) is 0.0410. The van der Waals surface area contributed by atoms with E-state index in [0.717, 1.165) is 0 Å². The van der Waals surface area contributed by atoms with E-state index < -0.39 is 47.3 Å². The molecule has 1 saturated heterocycles. The molecule has 1 heterocycles. The van der Waals surface area contributed by atoms with Crippen LogP contribution in [0.25, 0.3) is 0 Å². The quantitative estimate of drug-likeness (QED) is 0.118. The molecule has 0 spiro atoms. The summed E-state index contributed by atoms with van der Waals surface area (Å²) in [5.41, 5.74) is -1.12. The van der Waals surface area contributed by atoms with Gasteiger partial charge in [-0.25, -0.2) is 13.7 Å². The Morgan fingerprint density at radius 2 is 1.84 bits per heavy atom. The molecule has 1 aliphatic heterocycles. The molecule has 0 aromatic carbocycles. The van der Waals surface area contributed by atoms with Gasteiger partial charge in [0, 0.05) is 6.00 Å². The predicted octanol–water partition coefficient (Wildman–Crippen LogP) is 0.719. The molecule has 2 aliphatic rings. The largest absolute Gasteiger partial charge is 0.490 e. The van der Waals surface area contributed by atoms with Crippen LogP contribution in [0.3, 0.4) is 0 Å². The Balaban J connectivity index is 1.99. The molecule has 144 valence electrons. The van der Waals surface area contributed by atoms with Gasteiger partial charge in [0.25, 0.3) is 0 Å². The zero-order valence-electron chi connectivity index (χ0n) is 12.4. The molecule has 0 aromatic heterocycles. The topological polar surface area (TPSA) is 178 Å². The summed E-state index contributed by atoms with van der Waals surface area (Å²) in [5.74, 6) is 0.198. The third-order valence-electron chi connectivity index (χ3n) is 3.13. The van der Waals surface area contributed by atoms with E-state index in [1.54, 1.807) is 0 Å². The number of hydrogen-bond donors (Lipinski definition) is 4. The normalized spacial score (nSPS) is 36.4. The first kappa shape index (κ1) is 22.4. The summed E-state index contributed by atoms with van der Waals surface area (Å²) >= 11 is 0. The van der Waals surface area contributed by atoms with Crippen LogP contribution >= 0.6 is 45.1 Å². The molecule has 4 N–H and O–H groups in total. The first-order valence-corrected chi connectivity index (χ1v) is 13.6. The predicted molar refractivity (Wildman–Crippen MR) is 87.6 cm³/mol. The van der Waals surface area contributed by atoms with Crippen molar-refractivity contribution in [2.75, 3.05) is 12.2 Å². The van der Waals surface area contributed by atoms with E-state index >= 15 is 0 Å². The van der Waals surface area contributed by atoms with Gasteiger partial charge in [0.1, 0.15) is 31.6 Å². The summed E-state index contributed by atoms with van der Waals surface area (Å²) in [6.45, 7) is 0. The molecule has 25 heavy (non-hydrogen) atoms. The first-order chi connectivity index (χ1) is 11.3. The highest BCUT2D eigenvalue weighted by Crippen LogP contribution is 2.69. The Morgan fingerprint density at radius 3 is 2.40 bits per heavy atom. The van der Waals surface area contributed by atoms with E-state index in [4.69, 9.17) is 36.5 Å². The summed E-state index contributed by atoms with van der Waals surface area (Å²) in [4.78, 5) is 35.6. The van der Waals surface area contributed by atoms with Crippen LogP contribution in [-0.4, -0.2) is 63.4 Å². The minimum absolute atomic E-state index is 0.146. The molecule has 0 aromatic rings. The molecule has 18 heteroatoms. The second kappa shape index (κ2) is 7.84. The van der Waals surface area contributed by atoms with Gasteiger partial charge in [0.2, 0.25) is 0 Å². The van der Waals surface area contributed by atoms with E-state index in [2.05, 4.69) is 8.62 Å². The fourth-order valence-electron chi connectivity index (χ4n) is 2.31. The average molecular weight is 458 g/mol. The fourth-order valence-corrected chi connectivity index (χ4v) is 6.35. The second-order valence-corrected chi connectivity index (χ2v) is 11.8. The Labute approximate surface area is 151 Å². The van der Waals surface area contributed by atoms with Crippen LogP contribution in [0.15, 0.2) is 0 Å². The molecule has 1 aliphatic carbocycles. The summed E-state index contributed by atoms with van der Waals surface area (Å²) < 4.78 is 56.6. The maximum Gasteiger partial charge on any atom is 0.490 e. The lowest BCUT2D eigenvalue weighted by atomic mass is 9.94. The van der Waals surface area contributed by atoms with Crippen molar-refractivity contribution in [1.82, 2.24) is 0 Å². The Hall–Kier alpha value is 1.09. The Kier molecular flexibility index (Phi) is 7.02. The zero-order chi connectivity index (χ0) is 19.1. The van der Waals surface area contributed by atoms with Crippen molar-refractivity contribution in [2.24, 2.45) is 0 Å². The van der Waals surface area contributed by atoms with Crippen LogP contribution in [0.2, 0.25) is 0 Å². The first-order valence-electron chi connectivity index (χ1n) is 6.33. The van der Waals surface area contributed by atoms with Gasteiger partial charge in [0.05, 0.1) is 0 Å². The molecule has 2 fully saturated rings. The number of phosphoric acid groups is 3. The van der Waals surface area contributed by atoms with Crippen molar-refractivity contribution in [3.8, 4) is 0 Å². The second-order valence-electron chi connectivity index (χ2n) is 4.92. The van der Waals surface area contributed by atoms with E-state index in [9.17, 15) is 18.6 Å². The SMILES string of the molecule is [B][C@H]1C[C@@]2(OCSSC)C(OP(=O)(O)OP(=O)(O)OP(=O)(O)O)[C@H]2O1. The summed E-state index contributed by atoms with van der Waals surface area (Å²) in [7, 11) is -7.88. The van der Waals surface area contributed by atoms with Crippen LogP contribution in [0.4, 0.5) is 0 Å². The number of hydrogen-bond acceptors (Lipinski definition) is 10. The van der Waals surface area contributed by atoms with Gasteiger partial charge in [0.15, 0.2) is 0 Å². The molecule has 0 amide bonds. The van der Waals surface area contributed by atoms with Crippen LogP contribution in [0, 0.1) is 0 Å². The maximum absolute atomic E-state index is 11.8. The van der Waals surface area contributed by atoms with Gasteiger partial charge in [-0.3, -0.25) is 4.52 Å². The molecule has 2 radical (unpaired) electrons. The van der Waals surface area contributed by atoms with Crippen LogP contribution < -0.4 is 0 Å². The molecular weight excluding hydrogens is 444 g/mol. The molecule has 3 unspecified atom stereocenters. The van der Waals surface area contributed by atoms with Crippen LogP contribution in [-0.2, 0) is 36.3 Å². The van der Waals surface area contributed by atoms with Gasteiger partial charge in [-0.15, -0.1) is 0 Å². The fraction of sp³-hybridized carbons (Fsp3) is 1.00. The third kappa shape index (κ3) is 6.03. The number of phosphoric ester groups is 1. The number of rotatable bonds is 10. The zero-order valence-corrected chi connectivity index (χ0v) is 16.8. The van der Waals surface area contributed by atoms with Crippen molar-refractivity contribution in [3.05, 3.63) is 0 Å². The lowest BCUT2D eigenvalue weighted by Gasteiger charge is -2.20. The van der Waals surface area contributed by atoms with Crippen molar-refractivity contribution < 1.29 is 55.9 Å². The molecule has 0 bridgehead atoms. The van der Waals surface area contributed by atoms with Gasteiger partial charge >= 0.3 is 23.5 Å². The lowest BCUT2D eigenvalue weighted by Crippen LogP contribution is -2.25. The van der Waals surface area contributed by atoms with Gasteiger partial charge < -0.3 is 29.0 Å². The van der Waals surface area contributed by atoms with Crippen molar-refractivity contribution in [1.29, 1.82) is 0 Å². The third-order valence-corrected chi connectivity index (χ3v) is 8.39. The van der Waals surface area contributed by atoms with E-state index in [1.807, 2.05) is 6.26 Å². The van der Waals surface area contributed by atoms with Crippen molar-refractivity contribution in [2.45, 2.75) is 30.2 Å². The maximum atomic E-state index is 11.8. The number of ether oxygens (including phenoxy) is 2. The Bertz CT molecular complexity index is 644. The monoisotopic (exact) mass is 458 g/mol. The summed E-state index contributed by atoms with van der Waals surface area (Å²) in [6, 6.07) is -0.676. The minimum Gasteiger partial charge on any atom is -0.379 e. The highest BCUT2D eigenvalue weighted by atomic mass is 33.1.